The van der Waals surface area contributed by atoms with E-state index in [1.165, 1.54) is 5.01 Å². The van der Waals surface area contributed by atoms with Crippen molar-refractivity contribution in [2.24, 2.45) is 5.10 Å². The maximum atomic E-state index is 12.4. The van der Waals surface area contributed by atoms with Gasteiger partial charge in [0, 0.05) is 6.42 Å². The van der Waals surface area contributed by atoms with Crippen molar-refractivity contribution in [3.05, 3.63) is 71.8 Å². The molecule has 2 aromatic rings. The molecule has 0 N–H and O–H groups in total. The Hall–Kier alpha value is -2.95. The molecule has 134 valence electrons. The Morgan fingerprint density at radius 2 is 1.65 bits per heavy atom. The smallest absolute Gasteiger partial charge is 0.316 e. The van der Waals surface area contributed by atoms with E-state index in [0.29, 0.717) is 13.0 Å². The molecule has 0 fully saturated rings. The first-order valence-electron chi connectivity index (χ1n) is 8.64. The van der Waals surface area contributed by atoms with E-state index in [0.717, 1.165) is 16.8 Å². The SMILES string of the molecule is CC(C)(C(=O)OCC(=O)N1CCC(c2ccccc2)=N1)c1ccccc1. The zero-order valence-electron chi connectivity index (χ0n) is 15.0. The number of carbonyl (C=O) groups excluding carboxylic acids is 2. The van der Waals surface area contributed by atoms with Crippen molar-refractivity contribution in [1.82, 2.24) is 5.01 Å². The van der Waals surface area contributed by atoms with E-state index in [2.05, 4.69) is 5.10 Å². The van der Waals surface area contributed by atoms with Gasteiger partial charge in [-0.2, -0.15) is 5.10 Å². The van der Waals surface area contributed by atoms with Crippen molar-refractivity contribution in [2.75, 3.05) is 13.2 Å². The van der Waals surface area contributed by atoms with Gasteiger partial charge in [-0.15, -0.1) is 0 Å². The monoisotopic (exact) mass is 350 g/mol. The van der Waals surface area contributed by atoms with Crippen molar-refractivity contribution in [3.63, 3.8) is 0 Å². The number of ether oxygens (including phenoxy) is 1. The zero-order chi connectivity index (χ0) is 18.6. The highest BCUT2D eigenvalue weighted by Crippen LogP contribution is 2.24. The standard InChI is InChI=1S/C21H22N2O3/c1-21(2,17-11-7-4-8-12-17)20(25)26-15-19(24)23-14-13-18(22-23)16-9-5-3-6-10-16/h3-12H,13-15H2,1-2H3. The number of hydrogen-bond acceptors (Lipinski definition) is 4. The lowest BCUT2D eigenvalue weighted by atomic mass is 9.85. The second-order valence-corrected chi connectivity index (χ2v) is 6.75. The van der Waals surface area contributed by atoms with Crippen LogP contribution >= 0.6 is 0 Å². The van der Waals surface area contributed by atoms with Crippen LogP contribution in [0.5, 0.6) is 0 Å². The molecule has 1 aliphatic heterocycles. The minimum Gasteiger partial charge on any atom is -0.455 e. The molecule has 0 aromatic heterocycles. The number of amides is 1. The molecule has 0 unspecified atom stereocenters. The highest BCUT2D eigenvalue weighted by molar-refractivity contribution is 6.02. The summed E-state index contributed by atoms with van der Waals surface area (Å²) in [5.74, 6) is -0.739. The van der Waals surface area contributed by atoms with E-state index in [4.69, 9.17) is 4.74 Å². The summed E-state index contributed by atoms with van der Waals surface area (Å²) >= 11 is 0. The molecule has 3 rings (SSSR count). The average Bonchev–Trinajstić information content (AvgIpc) is 3.17. The Morgan fingerprint density at radius 1 is 1.04 bits per heavy atom. The summed E-state index contributed by atoms with van der Waals surface area (Å²) in [4.78, 5) is 24.8. The minimum absolute atomic E-state index is 0.305. The molecule has 1 amide bonds. The van der Waals surface area contributed by atoms with Crippen LogP contribution in [0, 0.1) is 0 Å². The molecule has 0 saturated heterocycles. The van der Waals surface area contributed by atoms with Crippen LogP contribution in [-0.2, 0) is 19.7 Å². The first-order chi connectivity index (χ1) is 12.5. The van der Waals surface area contributed by atoms with E-state index in [1.807, 2.05) is 60.7 Å². The van der Waals surface area contributed by atoms with Crippen molar-refractivity contribution in [3.8, 4) is 0 Å². The average molecular weight is 350 g/mol. The lowest BCUT2D eigenvalue weighted by molar-refractivity contribution is -0.156. The number of carbonyl (C=O) groups is 2. The van der Waals surface area contributed by atoms with Crippen LogP contribution in [0.4, 0.5) is 0 Å². The van der Waals surface area contributed by atoms with E-state index < -0.39 is 11.4 Å². The molecule has 5 nitrogen and oxygen atoms in total. The molecule has 0 saturated carbocycles. The summed E-state index contributed by atoms with van der Waals surface area (Å²) in [6.07, 6.45) is 0.694. The van der Waals surface area contributed by atoms with Crippen molar-refractivity contribution >= 4 is 17.6 Å². The molecule has 0 radical (unpaired) electrons. The molecule has 0 aliphatic carbocycles. The fraction of sp³-hybridized carbons (Fsp3) is 0.286. The summed E-state index contributed by atoms with van der Waals surface area (Å²) in [5, 5.41) is 5.75. The normalized spacial score (nSPS) is 14.1. The van der Waals surface area contributed by atoms with Crippen molar-refractivity contribution in [2.45, 2.75) is 25.7 Å². The van der Waals surface area contributed by atoms with E-state index in [9.17, 15) is 9.59 Å². The highest BCUT2D eigenvalue weighted by Gasteiger charge is 2.32. The van der Waals surface area contributed by atoms with Gasteiger partial charge in [0.15, 0.2) is 6.61 Å². The zero-order valence-corrected chi connectivity index (χ0v) is 15.0. The van der Waals surface area contributed by atoms with Crippen LogP contribution in [-0.4, -0.2) is 35.7 Å². The van der Waals surface area contributed by atoms with Crippen LogP contribution in [0.3, 0.4) is 0 Å². The first kappa shape index (κ1) is 17.9. The predicted molar refractivity (Wildman–Crippen MR) is 99.7 cm³/mol. The maximum absolute atomic E-state index is 12.4. The maximum Gasteiger partial charge on any atom is 0.316 e. The second-order valence-electron chi connectivity index (χ2n) is 6.75. The highest BCUT2D eigenvalue weighted by atomic mass is 16.5. The molecular formula is C21H22N2O3. The topological polar surface area (TPSA) is 59.0 Å². The molecule has 0 atom stereocenters. The Bertz CT molecular complexity index is 814. The summed E-state index contributed by atoms with van der Waals surface area (Å²) in [7, 11) is 0. The molecule has 5 heteroatoms. The van der Waals surface area contributed by atoms with Gasteiger partial charge in [0.1, 0.15) is 0 Å². The fourth-order valence-corrected chi connectivity index (χ4v) is 2.83. The lowest BCUT2D eigenvalue weighted by Gasteiger charge is -2.23. The fourth-order valence-electron chi connectivity index (χ4n) is 2.83. The summed E-state index contributed by atoms with van der Waals surface area (Å²) in [6.45, 7) is 3.77. The second kappa shape index (κ2) is 7.52. The minimum atomic E-state index is -0.814. The first-order valence-corrected chi connectivity index (χ1v) is 8.64. The molecular weight excluding hydrogens is 328 g/mol. The van der Waals surface area contributed by atoms with E-state index in [-0.39, 0.29) is 12.5 Å². The van der Waals surface area contributed by atoms with Gasteiger partial charge in [-0.05, 0) is 25.0 Å². The van der Waals surface area contributed by atoms with Crippen LogP contribution in [0.15, 0.2) is 65.8 Å². The van der Waals surface area contributed by atoms with Gasteiger partial charge in [0.25, 0.3) is 5.91 Å². The quantitative estimate of drug-likeness (QED) is 0.779. The Balaban J connectivity index is 1.59. The van der Waals surface area contributed by atoms with Gasteiger partial charge in [0.2, 0.25) is 0 Å². The van der Waals surface area contributed by atoms with Crippen molar-refractivity contribution in [1.29, 1.82) is 0 Å². The van der Waals surface area contributed by atoms with Gasteiger partial charge in [-0.3, -0.25) is 9.59 Å². The Morgan fingerprint density at radius 3 is 2.31 bits per heavy atom. The molecule has 1 aliphatic rings. The van der Waals surface area contributed by atoms with Crippen LogP contribution < -0.4 is 0 Å². The summed E-state index contributed by atoms with van der Waals surface area (Å²) < 4.78 is 5.28. The van der Waals surface area contributed by atoms with Crippen molar-refractivity contribution < 1.29 is 14.3 Å². The molecule has 26 heavy (non-hydrogen) atoms. The predicted octanol–water partition coefficient (Wildman–Crippen LogP) is 3.14. The summed E-state index contributed by atoms with van der Waals surface area (Å²) in [6, 6.07) is 19.1. The third-order valence-electron chi connectivity index (χ3n) is 4.53. The third-order valence-corrected chi connectivity index (χ3v) is 4.53. The Labute approximate surface area is 153 Å². The third kappa shape index (κ3) is 3.82. The van der Waals surface area contributed by atoms with Gasteiger partial charge >= 0.3 is 5.97 Å². The lowest BCUT2D eigenvalue weighted by Crippen LogP contribution is -2.35. The number of hydrogen-bond donors (Lipinski definition) is 0. The largest absolute Gasteiger partial charge is 0.455 e. The van der Waals surface area contributed by atoms with E-state index in [1.54, 1.807) is 13.8 Å². The number of nitrogens with zero attached hydrogens (tertiary/aromatic N) is 2. The Kier molecular flexibility index (Phi) is 5.16. The van der Waals surface area contributed by atoms with Crippen LogP contribution in [0.1, 0.15) is 31.4 Å². The van der Waals surface area contributed by atoms with Gasteiger partial charge in [-0.25, -0.2) is 5.01 Å². The number of rotatable bonds is 5. The molecule has 0 spiro atoms. The van der Waals surface area contributed by atoms with Gasteiger partial charge in [-0.1, -0.05) is 60.7 Å². The van der Waals surface area contributed by atoms with Gasteiger partial charge in [0.05, 0.1) is 17.7 Å². The molecule has 2 aromatic carbocycles. The van der Waals surface area contributed by atoms with E-state index >= 15 is 0 Å². The number of esters is 1. The number of benzene rings is 2. The van der Waals surface area contributed by atoms with Crippen LogP contribution in [0.25, 0.3) is 0 Å². The van der Waals surface area contributed by atoms with Gasteiger partial charge < -0.3 is 4.74 Å². The molecule has 1 heterocycles. The number of hydrazone groups is 1. The van der Waals surface area contributed by atoms with Crippen LogP contribution in [0.2, 0.25) is 0 Å². The molecule has 0 bridgehead atoms. The summed E-state index contributed by atoms with van der Waals surface area (Å²) in [5.41, 5.74) is 1.91.